The number of ether oxygens (including phenoxy) is 1. The lowest BCUT2D eigenvalue weighted by molar-refractivity contribution is -0.123. The molecule has 0 fully saturated rings. The quantitative estimate of drug-likeness (QED) is 0.652. The number of hydrogen-bond acceptors (Lipinski definition) is 4. The fourth-order valence-electron chi connectivity index (χ4n) is 2.29. The molecule has 0 saturated carbocycles. The molecule has 0 radical (unpaired) electrons. The minimum atomic E-state index is -0.600. The summed E-state index contributed by atoms with van der Waals surface area (Å²) in [6.07, 6.45) is 0.870. The van der Waals surface area contributed by atoms with Crippen LogP contribution in [0.5, 0.6) is 5.75 Å². The average Bonchev–Trinajstić information content (AvgIpc) is 2.64. The number of carbonyl (C=O) groups is 1. The summed E-state index contributed by atoms with van der Waals surface area (Å²) in [7, 11) is 1.55. The maximum Gasteiger partial charge on any atom is 0.239 e. The van der Waals surface area contributed by atoms with Crippen molar-refractivity contribution >= 4 is 5.91 Å². The Morgan fingerprint density at radius 3 is 2.42 bits per heavy atom. The Morgan fingerprint density at radius 1 is 1.08 bits per heavy atom. The van der Waals surface area contributed by atoms with Gasteiger partial charge in [0.2, 0.25) is 5.91 Å². The van der Waals surface area contributed by atoms with Crippen molar-refractivity contribution in [3.8, 4) is 5.75 Å². The fourth-order valence-corrected chi connectivity index (χ4v) is 2.29. The van der Waals surface area contributed by atoms with Gasteiger partial charge < -0.3 is 15.2 Å². The molecular weight excluding hydrogens is 304 g/mol. The largest absolute Gasteiger partial charge is 0.493 e. The fraction of sp³-hybridized carbons (Fsp3) is 0.316. The lowest BCUT2D eigenvalue weighted by Gasteiger charge is -2.14. The molecule has 5 nitrogen and oxygen atoms in total. The maximum atomic E-state index is 11.5. The number of hydrogen-bond donors (Lipinski definition) is 3. The molecule has 2 rings (SSSR count). The molecule has 0 aliphatic carbocycles. The molecule has 1 amide bonds. The van der Waals surface area contributed by atoms with Gasteiger partial charge in [-0.25, -0.2) is 0 Å². The zero-order valence-corrected chi connectivity index (χ0v) is 13.9. The first-order valence-corrected chi connectivity index (χ1v) is 8.04. The summed E-state index contributed by atoms with van der Waals surface area (Å²) in [4.78, 5) is 11.5. The molecule has 128 valence electrons. The van der Waals surface area contributed by atoms with E-state index in [9.17, 15) is 9.90 Å². The highest BCUT2D eigenvalue weighted by Crippen LogP contribution is 2.13. The van der Waals surface area contributed by atoms with Crippen molar-refractivity contribution in [2.45, 2.75) is 19.0 Å². The van der Waals surface area contributed by atoms with Gasteiger partial charge in [0.05, 0.1) is 13.2 Å². The Morgan fingerprint density at radius 2 is 1.79 bits per heavy atom. The smallest absolute Gasteiger partial charge is 0.239 e. The third-order valence-electron chi connectivity index (χ3n) is 3.72. The standard InChI is InChI=1S/C19H24N2O3/c1-20-19(23)18(14-22)21-13-16-7-9-17(10-8-16)24-12-11-15-5-3-2-4-6-15/h2-10,18,21-22H,11-14H2,1H3,(H,20,23). The van der Waals surface area contributed by atoms with Gasteiger partial charge in [-0.05, 0) is 23.3 Å². The number of benzene rings is 2. The molecule has 24 heavy (non-hydrogen) atoms. The number of rotatable bonds is 9. The Balaban J connectivity index is 1.77. The summed E-state index contributed by atoms with van der Waals surface area (Å²) in [5, 5.41) is 14.7. The Hall–Kier alpha value is -2.37. The minimum Gasteiger partial charge on any atom is -0.493 e. The van der Waals surface area contributed by atoms with Crippen LogP contribution in [0.2, 0.25) is 0 Å². The highest BCUT2D eigenvalue weighted by atomic mass is 16.5. The van der Waals surface area contributed by atoms with E-state index in [0.717, 1.165) is 17.7 Å². The van der Waals surface area contributed by atoms with Crippen LogP contribution in [-0.2, 0) is 17.8 Å². The number of nitrogens with one attached hydrogen (secondary N) is 2. The number of aliphatic hydroxyl groups excluding tert-OH is 1. The number of amides is 1. The number of carbonyl (C=O) groups excluding carboxylic acids is 1. The van der Waals surface area contributed by atoms with Crippen LogP contribution in [-0.4, -0.2) is 37.3 Å². The van der Waals surface area contributed by atoms with Crippen LogP contribution in [0.4, 0.5) is 0 Å². The molecule has 2 aromatic carbocycles. The van der Waals surface area contributed by atoms with Crippen LogP contribution < -0.4 is 15.4 Å². The molecule has 0 aliphatic heterocycles. The summed E-state index contributed by atoms with van der Waals surface area (Å²) in [5.41, 5.74) is 2.27. The molecule has 1 atom stereocenters. The van der Waals surface area contributed by atoms with E-state index >= 15 is 0 Å². The van der Waals surface area contributed by atoms with E-state index < -0.39 is 6.04 Å². The van der Waals surface area contributed by atoms with Crippen molar-refractivity contribution < 1.29 is 14.6 Å². The monoisotopic (exact) mass is 328 g/mol. The second kappa shape index (κ2) is 9.70. The van der Waals surface area contributed by atoms with Crippen LogP contribution >= 0.6 is 0 Å². The first-order chi connectivity index (χ1) is 11.7. The van der Waals surface area contributed by atoms with Crippen LogP contribution in [0, 0.1) is 0 Å². The van der Waals surface area contributed by atoms with E-state index in [1.165, 1.54) is 5.56 Å². The van der Waals surface area contributed by atoms with E-state index in [0.29, 0.717) is 13.2 Å². The van der Waals surface area contributed by atoms with Crippen molar-refractivity contribution in [1.29, 1.82) is 0 Å². The van der Waals surface area contributed by atoms with E-state index in [1.54, 1.807) is 7.05 Å². The van der Waals surface area contributed by atoms with E-state index in [-0.39, 0.29) is 12.5 Å². The molecule has 0 bridgehead atoms. The van der Waals surface area contributed by atoms with Crippen LogP contribution in [0.3, 0.4) is 0 Å². The number of likely N-dealkylation sites (N-methyl/N-ethyl adjacent to an activating group) is 1. The molecule has 0 aromatic heterocycles. The summed E-state index contributed by atoms with van der Waals surface area (Å²) < 4.78 is 5.74. The molecule has 2 aromatic rings. The summed E-state index contributed by atoms with van der Waals surface area (Å²) >= 11 is 0. The molecular formula is C19H24N2O3. The van der Waals surface area contributed by atoms with Gasteiger partial charge >= 0.3 is 0 Å². The van der Waals surface area contributed by atoms with E-state index in [1.807, 2.05) is 42.5 Å². The topological polar surface area (TPSA) is 70.6 Å². The summed E-state index contributed by atoms with van der Waals surface area (Å²) in [5.74, 6) is 0.595. The number of aliphatic hydroxyl groups is 1. The van der Waals surface area contributed by atoms with Gasteiger partial charge in [-0.2, -0.15) is 0 Å². The van der Waals surface area contributed by atoms with Gasteiger partial charge in [0.25, 0.3) is 0 Å². The zero-order chi connectivity index (χ0) is 17.2. The van der Waals surface area contributed by atoms with E-state index in [4.69, 9.17) is 4.74 Å². The second-order valence-corrected chi connectivity index (χ2v) is 5.46. The lowest BCUT2D eigenvalue weighted by atomic mass is 10.2. The molecule has 0 aliphatic rings. The molecule has 0 spiro atoms. The first kappa shape index (κ1) is 18.0. The Labute approximate surface area is 142 Å². The molecule has 1 unspecified atom stereocenters. The predicted octanol–water partition coefficient (Wildman–Crippen LogP) is 1.50. The molecule has 3 N–H and O–H groups in total. The van der Waals surface area contributed by atoms with Crippen molar-refractivity contribution in [3.63, 3.8) is 0 Å². The van der Waals surface area contributed by atoms with Crippen molar-refractivity contribution in [2.24, 2.45) is 0 Å². The van der Waals surface area contributed by atoms with Gasteiger partial charge in [-0.15, -0.1) is 0 Å². The van der Waals surface area contributed by atoms with Gasteiger partial charge in [-0.1, -0.05) is 42.5 Å². The average molecular weight is 328 g/mol. The van der Waals surface area contributed by atoms with Gasteiger partial charge in [0, 0.05) is 20.0 Å². The molecule has 0 heterocycles. The molecule has 0 saturated heterocycles. The summed E-state index contributed by atoms with van der Waals surface area (Å²) in [6.45, 7) is 0.897. The van der Waals surface area contributed by atoms with Crippen molar-refractivity contribution in [1.82, 2.24) is 10.6 Å². The highest BCUT2D eigenvalue weighted by molar-refractivity contribution is 5.81. The normalized spacial score (nSPS) is 11.8. The Bertz CT molecular complexity index is 614. The van der Waals surface area contributed by atoms with E-state index in [2.05, 4.69) is 22.8 Å². The predicted molar refractivity (Wildman–Crippen MR) is 93.9 cm³/mol. The van der Waals surface area contributed by atoms with Gasteiger partial charge in [0.1, 0.15) is 11.8 Å². The third-order valence-corrected chi connectivity index (χ3v) is 3.72. The second-order valence-electron chi connectivity index (χ2n) is 5.46. The lowest BCUT2D eigenvalue weighted by Crippen LogP contribution is -2.44. The summed E-state index contributed by atoms with van der Waals surface area (Å²) in [6, 6.07) is 17.3. The van der Waals surface area contributed by atoms with Crippen LogP contribution in [0.15, 0.2) is 54.6 Å². The third kappa shape index (κ3) is 5.68. The minimum absolute atomic E-state index is 0.224. The van der Waals surface area contributed by atoms with Crippen molar-refractivity contribution in [2.75, 3.05) is 20.3 Å². The van der Waals surface area contributed by atoms with Crippen LogP contribution in [0.1, 0.15) is 11.1 Å². The van der Waals surface area contributed by atoms with Crippen LogP contribution in [0.25, 0.3) is 0 Å². The zero-order valence-electron chi connectivity index (χ0n) is 13.9. The van der Waals surface area contributed by atoms with Gasteiger partial charge in [-0.3, -0.25) is 10.1 Å². The van der Waals surface area contributed by atoms with Crippen molar-refractivity contribution in [3.05, 3.63) is 65.7 Å². The van der Waals surface area contributed by atoms with Gasteiger partial charge in [0.15, 0.2) is 0 Å². The molecule has 5 heteroatoms. The first-order valence-electron chi connectivity index (χ1n) is 8.04. The SMILES string of the molecule is CNC(=O)C(CO)NCc1ccc(OCCc2ccccc2)cc1. The maximum absolute atomic E-state index is 11.5. The highest BCUT2D eigenvalue weighted by Gasteiger charge is 2.14. The Kier molecular flexibility index (Phi) is 7.26.